The number of ether oxygens (including phenoxy) is 1. The largest absolute Gasteiger partial charge is 0.468 e. The summed E-state index contributed by atoms with van der Waals surface area (Å²) >= 11 is 6.07. The summed E-state index contributed by atoms with van der Waals surface area (Å²) in [5, 5.41) is 0.357. The molecule has 0 aliphatic heterocycles. The predicted octanol–water partition coefficient (Wildman–Crippen LogP) is 3.16. The molecule has 114 valence electrons. The van der Waals surface area contributed by atoms with Crippen LogP contribution in [0, 0.1) is 0 Å². The van der Waals surface area contributed by atoms with E-state index in [4.69, 9.17) is 11.6 Å². The summed E-state index contributed by atoms with van der Waals surface area (Å²) in [6, 6.07) is 16.2. The monoisotopic (exact) mass is 317 g/mol. The highest BCUT2D eigenvalue weighted by Crippen LogP contribution is 2.18. The number of hydrogen-bond acceptors (Lipinski definition) is 3. The van der Waals surface area contributed by atoms with Gasteiger partial charge in [0.2, 0.25) is 0 Å². The number of carbonyl (C=O) groups is 2. The first kappa shape index (κ1) is 16.0. The summed E-state index contributed by atoms with van der Waals surface area (Å²) in [6.45, 7) is 0.176. The number of amides is 1. The molecule has 0 N–H and O–H groups in total. The second kappa shape index (κ2) is 7.61. The van der Waals surface area contributed by atoms with E-state index >= 15 is 0 Å². The van der Waals surface area contributed by atoms with E-state index in [2.05, 4.69) is 4.74 Å². The van der Waals surface area contributed by atoms with E-state index in [0.717, 1.165) is 5.56 Å². The SMILES string of the molecule is COC(=O)CN(Cc1ccccc1)C(=O)c1ccccc1Cl. The fourth-order valence-electron chi connectivity index (χ4n) is 2.03. The minimum atomic E-state index is -0.476. The molecule has 2 rings (SSSR count). The number of esters is 1. The van der Waals surface area contributed by atoms with Crippen molar-refractivity contribution in [3.8, 4) is 0 Å². The number of rotatable bonds is 5. The number of benzene rings is 2. The number of methoxy groups -OCH3 is 1. The molecule has 0 aromatic heterocycles. The fraction of sp³-hybridized carbons (Fsp3) is 0.176. The third kappa shape index (κ3) is 4.09. The lowest BCUT2D eigenvalue weighted by Gasteiger charge is -2.22. The van der Waals surface area contributed by atoms with Crippen LogP contribution in [0.2, 0.25) is 5.02 Å². The molecular weight excluding hydrogens is 302 g/mol. The van der Waals surface area contributed by atoms with Gasteiger partial charge in [-0.2, -0.15) is 0 Å². The quantitative estimate of drug-likeness (QED) is 0.796. The Balaban J connectivity index is 2.25. The highest BCUT2D eigenvalue weighted by atomic mass is 35.5. The maximum absolute atomic E-state index is 12.7. The molecule has 0 aliphatic carbocycles. The average Bonchev–Trinajstić information content (AvgIpc) is 2.55. The van der Waals surface area contributed by atoms with E-state index in [-0.39, 0.29) is 12.5 Å². The smallest absolute Gasteiger partial charge is 0.325 e. The third-order valence-corrected chi connectivity index (χ3v) is 3.48. The van der Waals surface area contributed by atoms with Crippen LogP contribution in [0.15, 0.2) is 54.6 Å². The summed E-state index contributed by atoms with van der Waals surface area (Å²) < 4.78 is 4.67. The van der Waals surface area contributed by atoms with Crippen molar-refractivity contribution in [2.24, 2.45) is 0 Å². The van der Waals surface area contributed by atoms with Crippen molar-refractivity contribution in [1.82, 2.24) is 4.90 Å². The summed E-state index contributed by atoms with van der Waals surface area (Å²) in [4.78, 5) is 25.7. The molecule has 0 spiro atoms. The molecule has 2 aromatic carbocycles. The topological polar surface area (TPSA) is 46.6 Å². The Morgan fingerprint density at radius 2 is 1.68 bits per heavy atom. The van der Waals surface area contributed by atoms with Gasteiger partial charge in [0.05, 0.1) is 17.7 Å². The van der Waals surface area contributed by atoms with Gasteiger partial charge in [-0.1, -0.05) is 54.1 Å². The van der Waals surface area contributed by atoms with Crippen LogP contribution in [0.4, 0.5) is 0 Å². The van der Waals surface area contributed by atoms with Crippen LogP contribution in [-0.2, 0) is 16.1 Å². The molecule has 22 heavy (non-hydrogen) atoms. The van der Waals surface area contributed by atoms with Crippen LogP contribution in [0.3, 0.4) is 0 Å². The van der Waals surface area contributed by atoms with E-state index in [9.17, 15) is 9.59 Å². The summed E-state index contributed by atoms with van der Waals surface area (Å²) in [6.07, 6.45) is 0. The van der Waals surface area contributed by atoms with Crippen molar-refractivity contribution in [3.63, 3.8) is 0 Å². The van der Waals surface area contributed by atoms with Crippen LogP contribution < -0.4 is 0 Å². The maximum atomic E-state index is 12.7. The zero-order chi connectivity index (χ0) is 15.9. The Morgan fingerprint density at radius 3 is 2.32 bits per heavy atom. The molecule has 0 heterocycles. The van der Waals surface area contributed by atoms with Gasteiger partial charge in [-0.15, -0.1) is 0 Å². The molecule has 0 fully saturated rings. The Morgan fingerprint density at radius 1 is 1.05 bits per heavy atom. The standard InChI is InChI=1S/C17H16ClNO3/c1-22-16(20)12-19(11-13-7-3-2-4-8-13)17(21)14-9-5-6-10-15(14)18/h2-10H,11-12H2,1H3. The lowest BCUT2D eigenvalue weighted by atomic mass is 10.1. The Bertz CT molecular complexity index is 658. The first-order chi connectivity index (χ1) is 10.6. The minimum absolute atomic E-state index is 0.130. The van der Waals surface area contributed by atoms with Gasteiger partial charge in [0.25, 0.3) is 5.91 Å². The first-order valence-corrected chi connectivity index (χ1v) is 7.14. The third-order valence-electron chi connectivity index (χ3n) is 3.16. The van der Waals surface area contributed by atoms with Gasteiger partial charge in [-0.3, -0.25) is 9.59 Å². The van der Waals surface area contributed by atoms with E-state index in [1.165, 1.54) is 12.0 Å². The van der Waals surface area contributed by atoms with Crippen LogP contribution in [-0.4, -0.2) is 30.4 Å². The molecule has 0 radical (unpaired) electrons. The second-order valence-corrected chi connectivity index (χ2v) is 5.11. The van der Waals surface area contributed by atoms with Crippen molar-refractivity contribution in [1.29, 1.82) is 0 Å². The number of halogens is 1. The average molecular weight is 318 g/mol. The van der Waals surface area contributed by atoms with Crippen LogP contribution in [0.1, 0.15) is 15.9 Å². The van der Waals surface area contributed by atoms with Gasteiger partial charge in [0.15, 0.2) is 0 Å². The second-order valence-electron chi connectivity index (χ2n) is 4.70. The molecule has 4 nitrogen and oxygen atoms in total. The molecule has 0 unspecified atom stereocenters. The minimum Gasteiger partial charge on any atom is -0.468 e. The van der Waals surface area contributed by atoms with Crippen LogP contribution in [0.5, 0.6) is 0 Å². The Labute approximate surface area is 134 Å². The van der Waals surface area contributed by atoms with Crippen LogP contribution in [0.25, 0.3) is 0 Å². The fourth-order valence-corrected chi connectivity index (χ4v) is 2.25. The Hall–Kier alpha value is -2.33. The molecule has 0 aliphatic rings. The van der Waals surface area contributed by atoms with Gasteiger partial charge in [0, 0.05) is 6.54 Å². The zero-order valence-electron chi connectivity index (χ0n) is 12.2. The molecule has 0 atom stereocenters. The normalized spacial score (nSPS) is 10.1. The van der Waals surface area contributed by atoms with Gasteiger partial charge in [0.1, 0.15) is 6.54 Å². The summed E-state index contributed by atoms with van der Waals surface area (Å²) in [5.74, 6) is -0.781. The van der Waals surface area contributed by atoms with Crippen molar-refractivity contribution >= 4 is 23.5 Å². The van der Waals surface area contributed by atoms with Crippen molar-refractivity contribution in [2.75, 3.05) is 13.7 Å². The Kier molecular flexibility index (Phi) is 5.55. The molecule has 2 aromatic rings. The molecule has 0 bridgehead atoms. The van der Waals surface area contributed by atoms with Gasteiger partial charge >= 0.3 is 5.97 Å². The van der Waals surface area contributed by atoms with E-state index in [1.807, 2.05) is 30.3 Å². The van der Waals surface area contributed by atoms with Crippen LogP contribution >= 0.6 is 11.6 Å². The van der Waals surface area contributed by atoms with E-state index in [0.29, 0.717) is 17.1 Å². The summed E-state index contributed by atoms with van der Waals surface area (Å²) in [7, 11) is 1.29. The summed E-state index contributed by atoms with van der Waals surface area (Å²) in [5.41, 5.74) is 1.29. The van der Waals surface area contributed by atoms with Gasteiger partial charge in [-0.05, 0) is 17.7 Å². The highest BCUT2D eigenvalue weighted by molar-refractivity contribution is 6.33. The first-order valence-electron chi connectivity index (χ1n) is 6.76. The lowest BCUT2D eigenvalue weighted by Crippen LogP contribution is -2.35. The molecule has 0 saturated carbocycles. The molecule has 5 heteroatoms. The van der Waals surface area contributed by atoms with Crippen molar-refractivity contribution in [2.45, 2.75) is 6.54 Å². The highest BCUT2D eigenvalue weighted by Gasteiger charge is 2.21. The maximum Gasteiger partial charge on any atom is 0.325 e. The molecular formula is C17H16ClNO3. The zero-order valence-corrected chi connectivity index (χ0v) is 12.9. The van der Waals surface area contributed by atoms with E-state index < -0.39 is 5.97 Å². The number of nitrogens with zero attached hydrogens (tertiary/aromatic N) is 1. The van der Waals surface area contributed by atoms with E-state index in [1.54, 1.807) is 24.3 Å². The molecule has 0 saturated heterocycles. The number of hydrogen-bond donors (Lipinski definition) is 0. The van der Waals surface area contributed by atoms with Gasteiger partial charge < -0.3 is 9.64 Å². The molecule has 1 amide bonds. The van der Waals surface area contributed by atoms with Crippen molar-refractivity contribution < 1.29 is 14.3 Å². The lowest BCUT2D eigenvalue weighted by molar-refractivity contribution is -0.141. The predicted molar refractivity (Wildman–Crippen MR) is 84.7 cm³/mol. The van der Waals surface area contributed by atoms with Gasteiger partial charge in [-0.25, -0.2) is 0 Å². The number of carbonyl (C=O) groups excluding carboxylic acids is 2. The van der Waals surface area contributed by atoms with Crippen molar-refractivity contribution in [3.05, 3.63) is 70.7 Å².